The summed E-state index contributed by atoms with van der Waals surface area (Å²) in [7, 11) is 2.08. The van der Waals surface area contributed by atoms with Crippen molar-refractivity contribution in [1.82, 2.24) is 15.1 Å². The van der Waals surface area contributed by atoms with Gasteiger partial charge in [-0.25, -0.2) is 0 Å². The number of amides is 2. The minimum Gasteiger partial charge on any atom is -0.370 e. The Kier molecular flexibility index (Phi) is 4.93. The van der Waals surface area contributed by atoms with Gasteiger partial charge in [0.15, 0.2) is 0 Å². The van der Waals surface area contributed by atoms with Crippen LogP contribution in [-0.2, 0) is 14.3 Å². The minimum atomic E-state index is -0.116. The maximum absolute atomic E-state index is 12.3. The van der Waals surface area contributed by atoms with E-state index in [0.29, 0.717) is 13.2 Å². The van der Waals surface area contributed by atoms with Gasteiger partial charge in [0.2, 0.25) is 11.8 Å². The first-order valence-corrected chi connectivity index (χ1v) is 8.05. The Labute approximate surface area is 136 Å². The van der Waals surface area contributed by atoms with Gasteiger partial charge in [0.05, 0.1) is 19.2 Å². The maximum Gasteiger partial charge on any atom is 0.249 e. The van der Waals surface area contributed by atoms with E-state index >= 15 is 0 Å². The molecule has 2 heterocycles. The Morgan fingerprint density at radius 2 is 2.09 bits per heavy atom. The number of rotatable bonds is 4. The van der Waals surface area contributed by atoms with Crippen LogP contribution in [0.3, 0.4) is 0 Å². The third kappa shape index (κ3) is 3.71. The van der Waals surface area contributed by atoms with E-state index < -0.39 is 0 Å². The fraction of sp³-hybridized carbons (Fsp3) is 0.529. The second-order valence-corrected chi connectivity index (χ2v) is 6.17. The van der Waals surface area contributed by atoms with Gasteiger partial charge in [0, 0.05) is 19.1 Å². The lowest BCUT2D eigenvalue weighted by atomic mass is 10.0. The quantitative estimate of drug-likeness (QED) is 0.874. The summed E-state index contributed by atoms with van der Waals surface area (Å²) in [5, 5.41) is 3.11. The molecule has 1 aromatic carbocycles. The zero-order chi connectivity index (χ0) is 16.2. The maximum atomic E-state index is 12.3. The second-order valence-electron chi connectivity index (χ2n) is 6.17. The van der Waals surface area contributed by atoms with Gasteiger partial charge >= 0.3 is 0 Å². The van der Waals surface area contributed by atoms with Crippen LogP contribution < -0.4 is 5.32 Å². The highest BCUT2D eigenvalue weighted by atomic mass is 16.5. The van der Waals surface area contributed by atoms with Crippen molar-refractivity contribution in [3.8, 4) is 0 Å². The number of nitrogens with one attached hydrogen (secondary N) is 1. The smallest absolute Gasteiger partial charge is 0.249 e. The van der Waals surface area contributed by atoms with Gasteiger partial charge in [-0.1, -0.05) is 30.3 Å². The summed E-state index contributed by atoms with van der Waals surface area (Å²) in [6, 6.07) is 10.5. The van der Waals surface area contributed by atoms with Crippen LogP contribution in [0.25, 0.3) is 0 Å². The molecule has 124 valence electrons. The molecule has 0 aromatic heterocycles. The lowest BCUT2D eigenvalue weighted by Crippen LogP contribution is -2.49. The van der Waals surface area contributed by atoms with Crippen LogP contribution in [0, 0.1) is 0 Å². The van der Waals surface area contributed by atoms with Gasteiger partial charge in [0.1, 0.15) is 6.61 Å². The van der Waals surface area contributed by atoms with Crippen molar-refractivity contribution in [3.05, 3.63) is 35.9 Å². The monoisotopic (exact) mass is 317 g/mol. The molecule has 2 aliphatic rings. The van der Waals surface area contributed by atoms with Crippen LogP contribution in [0.15, 0.2) is 30.3 Å². The van der Waals surface area contributed by atoms with Gasteiger partial charge in [-0.05, 0) is 19.0 Å². The molecule has 2 saturated heterocycles. The van der Waals surface area contributed by atoms with E-state index in [2.05, 4.69) is 29.4 Å². The molecule has 6 nitrogen and oxygen atoms in total. The van der Waals surface area contributed by atoms with Crippen molar-refractivity contribution in [3.63, 3.8) is 0 Å². The number of nitrogens with zero attached hydrogens (tertiary/aromatic N) is 2. The van der Waals surface area contributed by atoms with Crippen LogP contribution >= 0.6 is 0 Å². The van der Waals surface area contributed by atoms with Crippen molar-refractivity contribution in [2.24, 2.45) is 0 Å². The summed E-state index contributed by atoms with van der Waals surface area (Å²) in [6.45, 7) is 2.12. The van der Waals surface area contributed by atoms with Gasteiger partial charge in [-0.3, -0.25) is 14.5 Å². The molecular formula is C17H23N3O3. The number of likely N-dealkylation sites (N-methyl/N-ethyl adjacent to an activating group) is 1. The average molecular weight is 317 g/mol. The molecule has 0 unspecified atom stereocenters. The normalized spacial score (nSPS) is 25.6. The standard InChI is InChI=1S/C17H23N3O3/c1-19-8-7-14(17(19)13-5-3-2-4-6-13)18-15(21)11-20-9-10-23-12-16(20)22/h2-6,14,17H,7-12H2,1H3,(H,18,21)/t14-,17+/m0/s1. The lowest BCUT2D eigenvalue weighted by molar-refractivity contribution is -0.146. The highest BCUT2D eigenvalue weighted by Crippen LogP contribution is 2.30. The Morgan fingerprint density at radius 1 is 1.30 bits per heavy atom. The topological polar surface area (TPSA) is 61.9 Å². The molecular weight excluding hydrogens is 294 g/mol. The van der Waals surface area contributed by atoms with Gasteiger partial charge in [-0.15, -0.1) is 0 Å². The van der Waals surface area contributed by atoms with Crippen molar-refractivity contribution < 1.29 is 14.3 Å². The van der Waals surface area contributed by atoms with E-state index in [1.165, 1.54) is 5.56 Å². The Bertz CT molecular complexity index is 563. The minimum absolute atomic E-state index is 0.0750. The van der Waals surface area contributed by atoms with Crippen LogP contribution in [-0.4, -0.2) is 67.6 Å². The predicted molar refractivity (Wildman–Crippen MR) is 85.8 cm³/mol. The van der Waals surface area contributed by atoms with E-state index in [0.717, 1.165) is 13.0 Å². The molecule has 1 N–H and O–H groups in total. The average Bonchev–Trinajstić information content (AvgIpc) is 2.91. The van der Waals surface area contributed by atoms with Gasteiger partial charge in [-0.2, -0.15) is 0 Å². The first-order chi connectivity index (χ1) is 11.1. The lowest BCUT2D eigenvalue weighted by Gasteiger charge is -2.29. The molecule has 2 atom stereocenters. The van der Waals surface area contributed by atoms with E-state index in [4.69, 9.17) is 4.74 Å². The number of likely N-dealkylation sites (tertiary alicyclic amines) is 1. The molecule has 0 saturated carbocycles. The molecule has 1 aromatic rings. The Hall–Kier alpha value is -1.92. The van der Waals surface area contributed by atoms with Crippen LogP contribution in [0.5, 0.6) is 0 Å². The van der Waals surface area contributed by atoms with Gasteiger partial charge in [0.25, 0.3) is 0 Å². The number of carbonyl (C=O) groups excluding carboxylic acids is 2. The molecule has 3 rings (SSSR count). The molecule has 2 aliphatic heterocycles. The van der Waals surface area contributed by atoms with Crippen molar-refractivity contribution >= 4 is 11.8 Å². The van der Waals surface area contributed by atoms with Crippen molar-refractivity contribution in [2.45, 2.75) is 18.5 Å². The van der Waals surface area contributed by atoms with Crippen molar-refractivity contribution in [2.75, 3.05) is 39.9 Å². The zero-order valence-corrected chi connectivity index (χ0v) is 13.4. The summed E-state index contributed by atoms with van der Waals surface area (Å²) in [5.41, 5.74) is 1.21. The third-order valence-electron chi connectivity index (χ3n) is 4.55. The summed E-state index contributed by atoms with van der Waals surface area (Å²) >= 11 is 0. The molecule has 0 radical (unpaired) electrons. The fourth-order valence-corrected chi connectivity index (χ4v) is 3.38. The first-order valence-electron chi connectivity index (χ1n) is 8.05. The van der Waals surface area contributed by atoms with E-state index in [1.54, 1.807) is 4.90 Å². The van der Waals surface area contributed by atoms with Crippen LogP contribution in [0.2, 0.25) is 0 Å². The van der Waals surface area contributed by atoms with E-state index in [1.807, 2.05) is 18.2 Å². The molecule has 23 heavy (non-hydrogen) atoms. The molecule has 6 heteroatoms. The van der Waals surface area contributed by atoms with Crippen LogP contribution in [0.1, 0.15) is 18.0 Å². The molecule has 0 spiro atoms. The summed E-state index contributed by atoms with van der Waals surface area (Å²) < 4.78 is 5.09. The zero-order valence-electron chi connectivity index (χ0n) is 13.4. The first kappa shape index (κ1) is 16.0. The molecule has 2 fully saturated rings. The molecule has 2 amide bonds. The fourth-order valence-electron chi connectivity index (χ4n) is 3.38. The largest absolute Gasteiger partial charge is 0.370 e. The number of hydrogen-bond donors (Lipinski definition) is 1. The van der Waals surface area contributed by atoms with Gasteiger partial charge < -0.3 is 15.0 Å². The number of hydrogen-bond acceptors (Lipinski definition) is 4. The summed E-state index contributed by atoms with van der Waals surface area (Å²) in [5.74, 6) is -0.212. The number of carbonyl (C=O) groups is 2. The summed E-state index contributed by atoms with van der Waals surface area (Å²) in [6.07, 6.45) is 0.916. The van der Waals surface area contributed by atoms with Crippen LogP contribution in [0.4, 0.5) is 0 Å². The SMILES string of the molecule is CN1CC[C@H](NC(=O)CN2CCOCC2=O)[C@H]1c1ccccc1. The van der Waals surface area contributed by atoms with E-state index in [9.17, 15) is 9.59 Å². The highest BCUT2D eigenvalue weighted by molar-refractivity contribution is 5.85. The Balaban J connectivity index is 1.62. The summed E-state index contributed by atoms with van der Waals surface area (Å²) in [4.78, 5) is 27.9. The Morgan fingerprint density at radius 3 is 2.83 bits per heavy atom. The predicted octanol–water partition coefficient (Wildman–Crippen LogP) is 0.407. The number of morpholine rings is 1. The molecule has 0 bridgehead atoms. The number of ether oxygens (including phenoxy) is 1. The molecule has 0 aliphatic carbocycles. The van der Waals surface area contributed by atoms with E-state index in [-0.39, 0.29) is 37.0 Å². The second kappa shape index (κ2) is 7.10. The van der Waals surface area contributed by atoms with Crippen molar-refractivity contribution in [1.29, 1.82) is 0 Å². The highest BCUT2D eigenvalue weighted by Gasteiger charge is 2.34. The third-order valence-corrected chi connectivity index (χ3v) is 4.55. The number of benzene rings is 1.